The Kier molecular flexibility index (Phi) is 5.88. The smallest absolute Gasteiger partial charge is 0.422 e. The Morgan fingerprint density at radius 3 is 2.43 bits per heavy atom. The van der Waals surface area contributed by atoms with E-state index in [0.717, 1.165) is 16.8 Å². The topological polar surface area (TPSA) is 69.5 Å². The summed E-state index contributed by atoms with van der Waals surface area (Å²) in [5.41, 5.74) is 3.58. The summed E-state index contributed by atoms with van der Waals surface area (Å²) in [5, 5.41) is 2.73. The number of hydrogen-bond donors (Lipinski definition) is 1. The second-order valence-corrected chi connectivity index (χ2v) is 4.96. The minimum absolute atomic E-state index is 0.100. The standard InChI is InChI=1S/C16H20N2O3/c1-10(2)18-15(16(20)21-5)14-8-13(7-6-11(14)3)9-17-12(4)19/h6-8H,9H2,1-5H3/p+1. The number of methoxy groups -OCH3 is 1. The van der Waals surface area contributed by atoms with E-state index in [4.69, 9.17) is 4.74 Å². The predicted octanol–water partition coefficient (Wildman–Crippen LogP) is 1.14. The van der Waals surface area contributed by atoms with Gasteiger partial charge in [-0.05, 0) is 24.1 Å². The van der Waals surface area contributed by atoms with Crippen LogP contribution in [0.4, 0.5) is 0 Å². The molecule has 0 saturated heterocycles. The second-order valence-electron chi connectivity index (χ2n) is 4.96. The zero-order valence-electron chi connectivity index (χ0n) is 13.1. The van der Waals surface area contributed by atoms with Gasteiger partial charge < -0.3 is 10.1 Å². The zero-order valence-corrected chi connectivity index (χ0v) is 13.1. The van der Waals surface area contributed by atoms with Gasteiger partial charge in [-0.25, -0.2) is 4.79 Å². The van der Waals surface area contributed by atoms with Gasteiger partial charge in [-0.2, -0.15) is 0 Å². The number of nitrogens with zero attached hydrogens (tertiary/aromatic N) is 1. The summed E-state index contributed by atoms with van der Waals surface area (Å²) >= 11 is 0. The fourth-order valence-corrected chi connectivity index (χ4v) is 1.80. The average Bonchev–Trinajstić information content (AvgIpc) is 2.43. The average molecular weight is 289 g/mol. The number of ether oxygens (including phenoxy) is 1. The molecule has 5 nitrogen and oxygen atoms in total. The number of carbonyl (C=O) groups excluding carboxylic acids is 2. The van der Waals surface area contributed by atoms with Crippen LogP contribution in [0.2, 0.25) is 0 Å². The monoisotopic (exact) mass is 289 g/mol. The van der Waals surface area contributed by atoms with Gasteiger partial charge in [0.2, 0.25) is 5.91 Å². The lowest BCUT2D eigenvalue weighted by molar-refractivity contribution is -0.132. The highest BCUT2D eigenvalue weighted by Crippen LogP contribution is 2.12. The van der Waals surface area contributed by atoms with E-state index in [2.05, 4.69) is 9.98 Å². The van der Waals surface area contributed by atoms with Gasteiger partial charge in [-0.3, -0.25) is 4.79 Å². The minimum atomic E-state index is -0.476. The van der Waals surface area contributed by atoms with E-state index in [-0.39, 0.29) is 11.6 Å². The molecule has 0 heterocycles. The molecule has 1 amide bonds. The van der Waals surface area contributed by atoms with E-state index in [1.165, 1.54) is 14.0 Å². The van der Waals surface area contributed by atoms with Crippen molar-refractivity contribution in [2.75, 3.05) is 7.11 Å². The largest absolute Gasteiger partial charge is 0.460 e. The van der Waals surface area contributed by atoms with Crippen molar-refractivity contribution in [3.05, 3.63) is 34.9 Å². The first kappa shape index (κ1) is 16.7. The molecule has 0 unspecified atom stereocenters. The van der Waals surface area contributed by atoms with Crippen LogP contribution in [0.5, 0.6) is 0 Å². The molecule has 0 atom stereocenters. The molecule has 0 aliphatic carbocycles. The third kappa shape index (κ3) is 4.89. The molecular weight excluding hydrogens is 268 g/mol. The van der Waals surface area contributed by atoms with Gasteiger partial charge in [-0.1, -0.05) is 16.8 Å². The van der Waals surface area contributed by atoms with Crippen molar-refractivity contribution in [3.63, 3.8) is 0 Å². The predicted molar refractivity (Wildman–Crippen MR) is 83.3 cm³/mol. The number of esters is 1. The number of rotatable bonds is 4. The molecule has 112 valence electrons. The quantitative estimate of drug-likeness (QED) is 0.513. The van der Waals surface area contributed by atoms with E-state index in [1.807, 2.05) is 39.0 Å². The first-order valence-corrected chi connectivity index (χ1v) is 6.66. The fraction of sp³-hybridized carbons (Fsp3) is 0.375. The van der Waals surface area contributed by atoms with E-state index in [0.29, 0.717) is 12.1 Å². The van der Waals surface area contributed by atoms with Crippen LogP contribution < -0.4 is 9.98 Å². The molecule has 0 spiro atoms. The lowest BCUT2D eigenvalue weighted by Gasteiger charge is -2.06. The van der Waals surface area contributed by atoms with E-state index in [9.17, 15) is 9.59 Å². The Morgan fingerprint density at radius 1 is 1.24 bits per heavy atom. The Labute approximate surface area is 124 Å². The molecule has 5 heteroatoms. The zero-order chi connectivity index (χ0) is 16.0. The maximum absolute atomic E-state index is 11.9. The highest BCUT2D eigenvalue weighted by atomic mass is 16.5. The van der Waals surface area contributed by atoms with Crippen LogP contribution in [0.25, 0.3) is 0 Å². The van der Waals surface area contributed by atoms with Gasteiger partial charge in [-0.15, -0.1) is 0 Å². The highest BCUT2D eigenvalue weighted by Gasteiger charge is 2.27. The lowest BCUT2D eigenvalue weighted by atomic mass is 10.0. The summed E-state index contributed by atoms with van der Waals surface area (Å²) in [6, 6.07) is 5.66. The van der Waals surface area contributed by atoms with Crippen molar-refractivity contribution in [1.82, 2.24) is 9.98 Å². The molecule has 1 aromatic carbocycles. The van der Waals surface area contributed by atoms with Gasteiger partial charge in [0.05, 0.1) is 12.7 Å². The first-order chi connectivity index (χ1) is 9.85. The first-order valence-electron chi connectivity index (χ1n) is 6.66. The number of benzene rings is 1. The summed E-state index contributed by atoms with van der Waals surface area (Å²) < 4.78 is 9.09. The van der Waals surface area contributed by atoms with Gasteiger partial charge >= 0.3 is 11.7 Å². The number of amides is 1. The van der Waals surface area contributed by atoms with Crippen LogP contribution in [0, 0.1) is 6.92 Å². The van der Waals surface area contributed by atoms with Gasteiger partial charge in [0.1, 0.15) is 0 Å². The minimum Gasteiger partial charge on any atom is -0.460 e. The number of hydrogen-bond acceptors (Lipinski definition) is 3. The third-order valence-corrected chi connectivity index (χ3v) is 2.81. The number of carbonyl (C=O) groups is 2. The van der Waals surface area contributed by atoms with Crippen molar-refractivity contribution >= 4 is 23.3 Å². The van der Waals surface area contributed by atoms with Gasteiger partial charge in [0.25, 0.3) is 5.71 Å². The Bertz CT molecular complexity index is 622. The van der Waals surface area contributed by atoms with Crippen LogP contribution in [-0.4, -0.2) is 30.4 Å². The molecule has 0 aliphatic rings. The van der Waals surface area contributed by atoms with Crippen LogP contribution in [0.1, 0.15) is 37.5 Å². The molecule has 0 aliphatic heterocycles. The van der Waals surface area contributed by atoms with Crippen molar-refractivity contribution in [2.24, 2.45) is 0 Å². The fourth-order valence-electron chi connectivity index (χ4n) is 1.80. The van der Waals surface area contributed by atoms with Crippen molar-refractivity contribution in [2.45, 2.75) is 34.2 Å². The Morgan fingerprint density at radius 2 is 1.90 bits per heavy atom. The summed E-state index contributed by atoms with van der Waals surface area (Å²) in [6.45, 7) is 7.41. The molecule has 0 fully saturated rings. The van der Waals surface area contributed by atoms with Crippen molar-refractivity contribution < 1.29 is 14.3 Å². The SMILES string of the molecule is COC(=O)C(=[N+]=C(C)C)c1cc(CNC(C)=O)ccc1C. The lowest BCUT2D eigenvalue weighted by Crippen LogP contribution is -2.23. The molecule has 21 heavy (non-hydrogen) atoms. The molecule has 0 saturated carbocycles. The highest BCUT2D eigenvalue weighted by molar-refractivity contribution is 6.43. The summed E-state index contributed by atoms with van der Waals surface area (Å²) in [7, 11) is 1.33. The molecule has 0 radical (unpaired) electrons. The maximum atomic E-state index is 11.9. The van der Waals surface area contributed by atoms with E-state index < -0.39 is 5.97 Å². The van der Waals surface area contributed by atoms with Gasteiger partial charge in [0, 0.05) is 27.3 Å². The molecule has 1 N–H and O–H groups in total. The van der Waals surface area contributed by atoms with Crippen LogP contribution >= 0.6 is 0 Å². The van der Waals surface area contributed by atoms with Crippen molar-refractivity contribution in [1.29, 1.82) is 0 Å². The Balaban J connectivity index is 3.32. The van der Waals surface area contributed by atoms with Crippen LogP contribution in [0.3, 0.4) is 0 Å². The maximum Gasteiger partial charge on any atom is 0.422 e. The number of aryl methyl sites for hydroxylation is 1. The summed E-state index contributed by atoms with van der Waals surface area (Å²) in [5.74, 6) is -0.576. The van der Waals surface area contributed by atoms with E-state index >= 15 is 0 Å². The number of nitrogens with one attached hydrogen (secondary N) is 1. The molecule has 0 aromatic heterocycles. The molecular formula is C16H21N2O3+. The molecule has 1 aromatic rings. The third-order valence-electron chi connectivity index (χ3n) is 2.81. The van der Waals surface area contributed by atoms with Gasteiger partial charge in [0.15, 0.2) is 0 Å². The van der Waals surface area contributed by atoms with Crippen LogP contribution in [-0.2, 0) is 20.9 Å². The normalized spacial score (nSPS) is 9.57. The van der Waals surface area contributed by atoms with E-state index in [1.54, 1.807) is 0 Å². The second kappa shape index (κ2) is 7.41. The summed E-state index contributed by atoms with van der Waals surface area (Å²) in [6.07, 6.45) is 0. The van der Waals surface area contributed by atoms with Crippen molar-refractivity contribution in [3.8, 4) is 0 Å². The molecule has 0 bridgehead atoms. The Hall–Kier alpha value is -2.39. The summed E-state index contributed by atoms with van der Waals surface area (Å²) in [4.78, 5) is 22.9. The van der Waals surface area contributed by atoms with Crippen LogP contribution in [0.15, 0.2) is 18.2 Å². The molecule has 1 rings (SSSR count).